The zero-order chi connectivity index (χ0) is 34.2. The number of hydrogen-bond donors (Lipinski definition) is 0. The largest absolute Gasteiger partial charge is 0.488 e. The highest BCUT2D eigenvalue weighted by Crippen LogP contribution is 2.48. The molecule has 1 spiro atoms. The van der Waals surface area contributed by atoms with Crippen molar-refractivity contribution in [1.82, 2.24) is 0 Å². The van der Waals surface area contributed by atoms with Gasteiger partial charge in [-0.05, 0) is 131 Å². The molecule has 3 aliphatic rings. The standard InChI is InChI=1S/C42H49NO5S/c1-30-10-18-37(19-11-30)49(44,45)46-29-36-22-23-42(48-36)24-26-43(27-25-42)34-15-12-32(13-16-34)40-38(31-8-6-5-7-9-31)20-14-33-28-35(17-21-39(33)40)47-41(2,3)4/h5-13,15-19,21,28,36,38,40H,14,20,22-27,29H2,1-4H3/t36?,38-,40+/m1/s1. The van der Waals surface area contributed by atoms with Gasteiger partial charge in [-0.2, -0.15) is 8.42 Å². The third-order valence-corrected chi connectivity index (χ3v) is 11.9. The lowest BCUT2D eigenvalue weighted by molar-refractivity contribution is -0.0675. The van der Waals surface area contributed by atoms with Gasteiger partial charge in [-0.3, -0.25) is 4.18 Å². The van der Waals surface area contributed by atoms with E-state index >= 15 is 0 Å². The summed E-state index contributed by atoms with van der Waals surface area (Å²) in [5.41, 5.74) is 7.34. The summed E-state index contributed by atoms with van der Waals surface area (Å²) in [6.07, 6.45) is 5.51. The maximum atomic E-state index is 12.7. The number of benzene rings is 4. The molecule has 0 N–H and O–H groups in total. The van der Waals surface area contributed by atoms with E-state index in [1.165, 1.54) is 27.9 Å². The maximum Gasteiger partial charge on any atom is 0.297 e. The van der Waals surface area contributed by atoms with Crippen LogP contribution in [0.1, 0.15) is 92.5 Å². The van der Waals surface area contributed by atoms with Crippen LogP contribution < -0.4 is 9.64 Å². The molecule has 1 unspecified atom stereocenters. The summed E-state index contributed by atoms with van der Waals surface area (Å²) in [5.74, 6) is 1.63. The Labute approximate surface area is 292 Å². The topological polar surface area (TPSA) is 65.1 Å². The summed E-state index contributed by atoms with van der Waals surface area (Å²) in [4.78, 5) is 2.65. The molecule has 0 amide bonds. The van der Waals surface area contributed by atoms with Gasteiger partial charge < -0.3 is 14.4 Å². The van der Waals surface area contributed by atoms with Crippen molar-refractivity contribution in [3.63, 3.8) is 0 Å². The Morgan fingerprint density at radius 1 is 0.837 bits per heavy atom. The first-order chi connectivity index (χ1) is 23.5. The molecule has 7 heteroatoms. The van der Waals surface area contributed by atoms with E-state index in [-0.39, 0.29) is 34.7 Å². The minimum absolute atomic E-state index is 0.0579. The molecule has 49 heavy (non-hydrogen) atoms. The number of rotatable bonds is 8. The summed E-state index contributed by atoms with van der Waals surface area (Å²) in [7, 11) is -3.80. The SMILES string of the molecule is Cc1ccc(S(=O)(=O)OCC2CCC3(CCN(c4ccc([C@@H]5c6ccc(OC(C)(C)C)cc6CC[C@@H]5c5ccccc5)cc4)CC3)O2)cc1. The van der Waals surface area contributed by atoms with Crippen molar-refractivity contribution in [3.05, 3.63) is 125 Å². The first kappa shape index (κ1) is 33.8. The molecule has 7 rings (SSSR count). The Morgan fingerprint density at radius 2 is 1.55 bits per heavy atom. The van der Waals surface area contributed by atoms with E-state index in [1.807, 2.05) is 6.92 Å². The lowest BCUT2D eigenvalue weighted by Gasteiger charge is -2.40. The highest BCUT2D eigenvalue weighted by molar-refractivity contribution is 7.86. The maximum absolute atomic E-state index is 12.7. The minimum atomic E-state index is -3.80. The third-order valence-electron chi connectivity index (χ3n) is 10.6. The van der Waals surface area contributed by atoms with Crippen LogP contribution in [0.4, 0.5) is 5.69 Å². The van der Waals surface area contributed by atoms with Crippen molar-refractivity contribution in [2.75, 3.05) is 24.6 Å². The van der Waals surface area contributed by atoms with Crippen LogP contribution in [0.25, 0.3) is 0 Å². The monoisotopic (exact) mass is 679 g/mol. The fourth-order valence-electron chi connectivity index (χ4n) is 8.07. The van der Waals surface area contributed by atoms with Gasteiger partial charge in [0.05, 0.1) is 23.2 Å². The normalized spacial score (nSPS) is 22.2. The van der Waals surface area contributed by atoms with Crippen LogP contribution >= 0.6 is 0 Å². The van der Waals surface area contributed by atoms with Gasteiger partial charge in [0.2, 0.25) is 0 Å². The quantitative estimate of drug-likeness (QED) is 0.173. The van der Waals surface area contributed by atoms with Crippen molar-refractivity contribution < 1.29 is 22.1 Å². The van der Waals surface area contributed by atoms with E-state index in [0.717, 1.165) is 62.9 Å². The van der Waals surface area contributed by atoms with E-state index < -0.39 is 10.1 Å². The van der Waals surface area contributed by atoms with E-state index in [0.29, 0.717) is 5.92 Å². The first-order valence-electron chi connectivity index (χ1n) is 17.8. The molecular weight excluding hydrogens is 631 g/mol. The molecule has 2 saturated heterocycles. The number of nitrogens with zero attached hydrogens (tertiary/aromatic N) is 1. The fourth-order valence-corrected chi connectivity index (χ4v) is 9.01. The molecule has 2 aliphatic heterocycles. The predicted molar refractivity (Wildman–Crippen MR) is 195 cm³/mol. The number of hydrogen-bond acceptors (Lipinski definition) is 6. The molecule has 2 fully saturated rings. The molecule has 0 aromatic heterocycles. The highest BCUT2D eigenvalue weighted by atomic mass is 32.2. The van der Waals surface area contributed by atoms with Gasteiger partial charge in [0.1, 0.15) is 11.4 Å². The fraction of sp³-hybridized carbons (Fsp3) is 0.429. The zero-order valence-electron chi connectivity index (χ0n) is 29.2. The van der Waals surface area contributed by atoms with Gasteiger partial charge in [-0.25, -0.2) is 0 Å². The average Bonchev–Trinajstić information content (AvgIpc) is 3.49. The Hall–Kier alpha value is -3.65. The Balaban J connectivity index is 1.01. The van der Waals surface area contributed by atoms with Gasteiger partial charge in [0, 0.05) is 24.7 Å². The number of piperidine rings is 1. The zero-order valence-corrected chi connectivity index (χ0v) is 30.0. The Morgan fingerprint density at radius 3 is 2.24 bits per heavy atom. The smallest absolute Gasteiger partial charge is 0.297 e. The highest BCUT2D eigenvalue weighted by Gasteiger charge is 2.43. The van der Waals surface area contributed by atoms with Crippen LogP contribution in [-0.2, 0) is 25.5 Å². The Kier molecular flexibility index (Phi) is 9.37. The summed E-state index contributed by atoms with van der Waals surface area (Å²) in [6, 6.07) is 33.7. The van der Waals surface area contributed by atoms with Crippen LogP contribution in [0.2, 0.25) is 0 Å². The molecule has 0 saturated carbocycles. The number of ether oxygens (including phenoxy) is 2. The molecule has 4 aromatic rings. The summed E-state index contributed by atoms with van der Waals surface area (Å²) in [5, 5.41) is 0. The van der Waals surface area contributed by atoms with Crippen LogP contribution in [0.5, 0.6) is 5.75 Å². The van der Waals surface area contributed by atoms with Gasteiger partial charge in [-0.15, -0.1) is 0 Å². The molecule has 0 bridgehead atoms. The minimum Gasteiger partial charge on any atom is -0.488 e. The van der Waals surface area contributed by atoms with Crippen LogP contribution in [0.15, 0.2) is 102 Å². The lowest BCUT2D eigenvalue weighted by Crippen LogP contribution is -2.44. The van der Waals surface area contributed by atoms with E-state index in [4.69, 9.17) is 13.7 Å². The predicted octanol–water partition coefficient (Wildman–Crippen LogP) is 8.96. The number of aryl methyl sites for hydroxylation is 2. The Bertz CT molecular complexity index is 1840. The third kappa shape index (κ3) is 7.59. The summed E-state index contributed by atoms with van der Waals surface area (Å²) >= 11 is 0. The van der Waals surface area contributed by atoms with E-state index in [1.54, 1.807) is 24.3 Å². The van der Waals surface area contributed by atoms with Crippen molar-refractivity contribution in [3.8, 4) is 5.75 Å². The molecular formula is C42H49NO5S. The van der Waals surface area contributed by atoms with E-state index in [9.17, 15) is 8.42 Å². The summed E-state index contributed by atoms with van der Waals surface area (Å²) < 4.78 is 43.6. The average molecular weight is 680 g/mol. The van der Waals surface area contributed by atoms with Gasteiger partial charge >= 0.3 is 0 Å². The van der Waals surface area contributed by atoms with Crippen LogP contribution in [0, 0.1) is 6.92 Å². The van der Waals surface area contributed by atoms with Crippen molar-refractivity contribution in [2.45, 2.75) is 100 Å². The van der Waals surface area contributed by atoms with Gasteiger partial charge in [0.15, 0.2) is 0 Å². The molecule has 2 heterocycles. The molecule has 6 nitrogen and oxygen atoms in total. The molecule has 3 atom stereocenters. The second-order valence-corrected chi connectivity index (χ2v) is 16.8. The number of anilines is 1. The molecule has 0 radical (unpaired) electrons. The van der Waals surface area contributed by atoms with Crippen LogP contribution in [-0.4, -0.2) is 45.4 Å². The second kappa shape index (κ2) is 13.6. The molecule has 4 aromatic carbocycles. The summed E-state index contributed by atoms with van der Waals surface area (Å²) in [6.45, 7) is 10.1. The molecule has 1 aliphatic carbocycles. The van der Waals surface area contributed by atoms with Gasteiger partial charge in [-0.1, -0.05) is 66.2 Å². The lowest BCUT2D eigenvalue weighted by atomic mass is 9.69. The first-order valence-corrected chi connectivity index (χ1v) is 19.2. The second-order valence-electron chi connectivity index (χ2n) is 15.2. The van der Waals surface area contributed by atoms with Crippen molar-refractivity contribution >= 4 is 15.8 Å². The van der Waals surface area contributed by atoms with Crippen molar-refractivity contribution in [1.29, 1.82) is 0 Å². The van der Waals surface area contributed by atoms with E-state index in [2.05, 4.69) is 98.5 Å². The van der Waals surface area contributed by atoms with Gasteiger partial charge in [0.25, 0.3) is 10.1 Å². The number of fused-ring (bicyclic) bond motifs is 1. The molecule has 258 valence electrons. The van der Waals surface area contributed by atoms with Crippen molar-refractivity contribution in [2.24, 2.45) is 0 Å². The van der Waals surface area contributed by atoms with Crippen LogP contribution in [0.3, 0.4) is 0 Å².